The van der Waals surface area contributed by atoms with Crippen molar-refractivity contribution in [2.24, 2.45) is 0 Å². The van der Waals surface area contributed by atoms with E-state index in [4.69, 9.17) is 5.26 Å². The van der Waals surface area contributed by atoms with Crippen molar-refractivity contribution in [1.82, 2.24) is 15.0 Å². The van der Waals surface area contributed by atoms with E-state index in [0.717, 1.165) is 11.3 Å². The van der Waals surface area contributed by atoms with Crippen molar-refractivity contribution in [2.75, 3.05) is 0 Å². The first-order chi connectivity index (χ1) is 7.70. The molecular formula is C12H12N4. The molecular weight excluding hydrogens is 200 g/mol. The maximum Gasteiger partial charge on any atom is 0.185 e. The SMILES string of the molecule is Cc1ccc(Cn2nnc(C#N)c2C)cc1. The third kappa shape index (κ3) is 1.94. The van der Waals surface area contributed by atoms with Crippen LogP contribution in [0, 0.1) is 25.2 Å². The molecule has 0 atom stereocenters. The second-order valence-corrected chi connectivity index (χ2v) is 3.78. The summed E-state index contributed by atoms with van der Waals surface area (Å²) in [6.07, 6.45) is 0. The highest BCUT2D eigenvalue weighted by Gasteiger charge is 2.07. The zero-order chi connectivity index (χ0) is 11.5. The number of hydrogen-bond acceptors (Lipinski definition) is 3. The van der Waals surface area contributed by atoms with Crippen LogP contribution in [-0.2, 0) is 6.54 Å². The van der Waals surface area contributed by atoms with Gasteiger partial charge in [0, 0.05) is 0 Å². The van der Waals surface area contributed by atoms with E-state index in [0.29, 0.717) is 12.2 Å². The van der Waals surface area contributed by atoms with E-state index < -0.39 is 0 Å². The van der Waals surface area contributed by atoms with Gasteiger partial charge in [0.1, 0.15) is 6.07 Å². The summed E-state index contributed by atoms with van der Waals surface area (Å²) >= 11 is 0. The van der Waals surface area contributed by atoms with E-state index >= 15 is 0 Å². The third-order valence-corrected chi connectivity index (χ3v) is 2.54. The van der Waals surface area contributed by atoms with Crippen LogP contribution in [0.3, 0.4) is 0 Å². The minimum Gasteiger partial charge on any atom is -0.244 e. The quantitative estimate of drug-likeness (QED) is 0.762. The first-order valence-electron chi connectivity index (χ1n) is 5.06. The Hall–Kier alpha value is -2.15. The lowest BCUT2D eigenvalue weighted by atomic mass is 10.1. The molecule has 2 rings (SSSR count). The van der Waals surface area contributed by atoms with Crippen molar-refractivity contribution < 1.29 is 0 Å². The van der Waals surface area contributed by atoms with Crippen molar-refractivity contribution >= 4 is 0 Å². The largest absolute Gasteiger partial charge is 0.244 e. The minimum absolute atomic E-state index is 0.395. The highest BCUT2D eigenvalue weighted by Crippen LogP contribution is 2.08. The van der Waals surface area contributed by atoms with Gasteiger partial charge in [-0.1, -0.05) is 35.0 Å². The number of rotatable bonds is 2. The van der Waals surface area contributed by atoms with Crippen LogP contribution in [0.4, 0.5) is 0 Å². The number of aromatic nitrogens is 3. The summed E-state index contributed by atoms with van der Waals surface area (Å²) in [6.45, 7) is 4.56. The van der Waals surface area contributed by atoms with Gasteiger partial charge >= 0.3 is 0 Å². The minimum atomic E-state index is 0.395. The van der Waals surface area contributed by atoms with E-state index in [2.05, 4.69) is 41.5 Å². The Morgan fingerprint density at radius 2 is 1.94 bits per heavy atom. The Labute approximate surface area is 94.1 Å². The summed E-state index contributed by atoms with van der Waals surface area (Å²) in [7, 11) is 0. The monoisotopic (exact) mass is 212 g/mol. The van der Waals surface area contributed by atoms with Crippen LogP contribution in [0.1, 0.15) is 22.5 Å². The summed E-state index contributed by atoms with van der Waals surface area (Å²) < 4.78 is 1.74. The number of hydrogen-bond donors (Lipinski definition) is 0. The molecule has 0 spiro atoms. The number of nitriles is 1. The lowest BCUT2D eigenvalue weighted by Gasteiger charge is -2.03. The van der Waals surface area contributed by atoms with Gasteiger partial charge in [-0.15, -0.1) is 5.10 Å². The Bertz CT molecular complexity index is 531. The van der Waals surface area contributed by atoms with Gasteiger partial charge in [-0.05, 0) is 19.4 Å². The Balaban J connectivity index is 2.24. The summed E-state index contributed by atoms with van der Waals surface area (Å²) in [5, 5.41) is 16.5. The zero-order valence-corrected chi connectivity index (χ0v) is 9.31. The van der Waals surface area contributed by atoms with Crippen molar-refractivity contribution in [2.45, 2.75) is 20.4 Å². The Kier molecular flexibility index (Phi) is 2.69. The topological polar surface area (TPSA) is 54.5 Å². The van der Waals surface area contributed by atoms with Gasteiger partial charge in [-0.25, -0.2) is 4.68 Å². The molecule has 0 aliphatic heterocycles. The van der Waals surface area contributed by atoms with Crippen LogP contribution in [0.2, 0.25) is 0 Å². The van der Waals surface area contributed by atoms with Crippen LogP contribution in [-0.4, -0.2) is 15.0 Å². The predicted molar refractivity (Wildman–Crippen MR) is 59.8 cm³/mol. The van der Waals surface area contributed by atoms with Crippen LogP contribution in [0.15, 0.2) is 24.3 Å². The van der Waals surface area contributed by atoms with Gasteiger partial charge in [0.25, 0.3) is 0 Å². The molecule has 0 saturated carbocycles. The van der Waals surface area contributed by atoms with E-state index in [1.807, 2.05) is 13.0 Å². The second-order valence-electron chi connectivity index (χ2n) is 3.78. The summed E-state index contributed by atoms with van der Waals surface area (Å²) in [5.74, 6) is 0. The van der Waals surface area contributed by atoms with Gasteiger partial charge in [-0.2, -0.15) is 5.26 Å². The number of nitrogens with zero attached hydrogens (tertiary/aromatic N) is 4. The van der Waals surface area contributed by atoms with Crippen LogP contribution < -0.4 is 0 Å². The van der Waals surface area contributed by atoms with Crippen LogP contribution in [0.25, 0.3) is 0 Å². The fraction of sp³-hybridized carbons (Fsp3) is 0.250. The van der Waals surface area contributed by atoms with Gasteiger partial charge in [-0.3, -0.25) is 0 Å². The van der Waals surface area contributed by atoms with Crippen molar-refractivity contribution in [3.05, 3.63) is 46.8 Å². The molecule has 0 aliphatic carbocycles. The summed E-state index contributed by atoms with van der Waals surface area (Å²) in [5.41, 5.74) is 3.59. The fourth-order valence-corrected chi connectivity index (χ4v) is 1.48. The molecule has 0 saturated heterocycles. The first-order valence-corrected chi connectivity index (χ1v) is 5.06. The fourth-order valence-electron chi connectivity index (χ4n) is 1.48. The molecule has 1 heterocycles. The molecule has 4 heteroatoms. The predicted octanol–water partition coefficient (Wildman–Crippen LogP) is 1.81. The molecule has 16 heavy (non-hydrogen) atoms. The van der Waals surface area contributed by atoms with E-state index in [-0.39, 0.29) is 0 Å². The zero-order valence-electron chi connectivity index (χ0n) is 9.31. The van der Waals surface area contributed by atoms with Gasteiger partial charge in [0.15, 0.2) is 5.69 Å². The van der Waals surface area contributed by atoms with E-state index in [1.54, 1.807) is 4.68 Å². The smallest absolute Gasteiger partial charge is 0.185 e. The standard InChI is InChI=1S/C12H12N4/c1-9-3-5-11(6-4-9)8-16-10(2)12(7-13)14-15-16/h3-6H,8H2,1-2H3. The third-order valence-electron chi connectivity index (χ3n) is 2.54. The average molecular weight is 212 g/mol. The average Bonchev–Trinajstić information content (AvgIpc) is 2.63. The maximum atomic E-state index is 8.77. The molecule has 1 aromatic carbocycles. The number of aryl methyl sites for hydroxylation is 1. The van der Waals surface area contributed by atoms with Crippen molar-refractivity contribution in [1.29, 1.82) is 5.26 Å². The molecule has 0 bridgehead atoms. The normalized spacial score (nSPS) is 10.1. The molecule has 1 aromatic heterocycles. The van der Waals surface area contributed by atoms with Crippen LogP contribution in [0.5, 0.6) is 0 Å². The van der Waals surface area contributed by atoms with Crippen molar-refractivity contribution in [3.8, 4) is 6.07 Å². The summed E-state index contributed by atoms with van der Waals surface area (Å²) in [6, 6.07) is 10.3. The number of benzene rings is 1. The molecule has 4 nitrogen and oxygen atoms in total. The highest BCUT2D eigenvalue weighted by molar-refractivity contribution is 5.25. The van der Waals surface area contributed by atoms with Gasteiger partial charge < -0.3 is 0 Å². The molecule has 0 unspecified atom stereocenters. The second kappa shape index (κ2) is 4.15. The molecule has 0 N–H and O–H groups in total. The molecule has 0 fully saturated rings. The molecule has 0 radical (unpaired) electrons. The van der Waals surface area contributed by atoms with E-state index in [9.17, 15) is 0 Å². The molecule has 2 aromatic rings. The van der Waals surface area contributed by atoms with Gasteiger partial charge in [0.05, 0.1) is 12.2 Å². The lowest BCUT2D eigenvalue weighted by molar-refractivity contribution is 0.633. The molecule has 0 amide bonds. The Morgan fingerprint density at radius 3 is 2.50 bits per heavy atom. The van der Waals surface area contributed by atoms with Crippen LogP contribution >= 0.6 is 0 Å². The molecule has 80 valence electrons. The first kappa shape index (κ1) is 10.4. The maximum absolute atomic E-state index is 8.77. The lowest BCUT2D eigenvalue weighted by Crippen LogP contribution is -2.04. The summed E-state index contributed by atoms with van der Waals surface area (Å²) in [4.78, 5) is 0. The Morgan fingerprint density at radius 1 is 1.25 bits per heavy atom. The van der Waals surface area contributed by atoms with E-state index in [1.165, 1.54) is 5.56 Å². The highest BCUT2D eigenvalue weighted by atomic mass is 15.4. The van der Waals surface area contributed by atoms with Gasteiger partial charge in [0.2, 0.25) is 0 Å². The van der Waals surface area contributed by atoms with Crippen molar-refractivity contribution in [3.63, 3.8) is 0 Å². The molecule has 0 aliphatic rings.